The van der Waals surface area contributed by atoms with Crippen molar-refractivity contribution in [3.8, 4) is 0 Å². The van der Waals surface area contributed by atoms with E-state index in [0.29, 0.717) is 24.8 Å². The fraction of sp³-hybridized carbons (Fsp3) is 0.571. The number of nitrogens with zero attached hydrogens (tertiary/aromatic N) is 3. The molecule has 3 heterocycles. The van der Waals surface area contributed by atoms with Crippen molar-refractivity contribution in [2.75, 3.05) is 13.1 Å². The largest absolute Gasteiger partial charge is 0.353 e. The van der Waals surface area contributed by atoms with E-state index in [1.165, 1.54) is 12.8 Å². The van der Waals surface area contributed by atoms with Crippen LogP contribution in [0.4, 0.5) is 0 Å². The monoisotopic (exact) mass is 368 g/mol. The van der Waals surface area contributed by atoms with Crippen LogP contribution in [-0.4, -0.2) is 45.2 Å². The van der Waals surface area contributed by atoms with Gasteiger partial charge in [0.05, 0.1) is 5.41 Å². The van der Waals surface area contributed by atoms with Crippen LogP contribution in [0.1, 0.15) is 61.5 Å². The molecule has 6 heteroatoms. The highest BCUT2D eigenvalue weighted by Gasteiger charge is 2.40. The van der Waals surface area contributed by atoms with E-state index in [4.69, 9.17) is 0 Å². The Morgan fingerprint density at radius 2 is 2.04 bits per heavy atom. The smallest absolute Gasteiger partial charge is 0.274 e. The van der Waals surface area contributed by atoms with Crippen LogP contribution >= 0.6 is 0 Å². The zero-order chi connectivity index (χ0) is 19.0. The van der Waals surface area contributed by atoms with Gasteiger partial charge < -0.3 is 14.6 Å². The Morgan fingerprint density at radius 1 is 1.26 bits per heavy atom. The molecule has 144 valence electrons. The van der Waals surface area contributed by atoms with Gasteiger partial charge in [-0.25, -0.2) is 4.98 Å². The van der Waals surface area contributed by atoms with Gasteiger partial charge in [0.1, 0.15) is 11.3 Å². The summed E-state index contributed by atoms with van der Waals surface area (Å²) in [6, 6.07) is 4.24. The minimum Gasteiger partial charge on any atom is -0.353 e. The lowest BCUT2D eigenvalue weighted by Crippen LogP contribution is -2.53. The maximum Gasteiger partial charge on any atom is 0.274 e. The predicted molar refractivity (Wildman–Crippen MR) is 104 cm³/mol. The number of pyridine rings is 1. The second-order valence-electron chi connectivity index (χ2n) is 8.39. The molecule has 0 bridgehead atoms. The van der Waals surface area contributed by atoms with E-state index in [-0.39, 0.29) is 11.8 Å². The number of carbonyl (C=O) groups excluding carboxylic acids is 2. The minimum absolute atomic E-state index is 0.0855. The second-order valence-corrected chi connectivity index (χ2v) is 8.39. The normalized spacial score (nSPS) is 23.7. The Kier molecular flexibility index (Phi) is 4.66. The maximum atomic E-state index is 13.1. The van der Waals surface area contributed by atoms with Crippen LogP contribution in [0.3, 0.4) is 0 Å². The number of rotatable bonds is 3. The molecule has 27 heavy (non-hydrogen) atoms. The minimum atomic E-state index is -0.522. The molecule has 0 spiro atoms. The van der Waals surface area contributed by atoms with Crippen molar-refractivity contribution in [2.24, 2.45) is 5.41 Å². The van der Waals surface area contributed by atoms with Crippen LogP contribution in [0.5, 0.6) is 0 Å². The van der Waals surface area contributed by atoms with E-state index < -0.39 is 5.41 Å². The van der Waals surface area contributed by atoms with Gasteiger partial charge in [0.2, 0.25) is 5.91 Å². The molecule has 1 atom stereocenters. The lowest BCUT2D eigenvalue weighted by molar-refractivity contribution is -0.133. The summed E-state index contributed by atoms with van der Waals surface area (Å²) in [5.41, 5.74) is 1.77. The quantitative estimate of drug-likeness (QED) is 0.906. The average Bonchev–Trinajstić information content (AvgIpc) is 3.31. The zero-order valence-corrected chi connectivity index (χ0v) is 16.2. The average molecular weight is 368 g/mol. The van der Waals surface area contributed by atoms with E-state index in [9.17, 15) is 9.59 Å². The van der Waals surface area contributed by atoms with E-state index in [0.717, 1.165) is 36.9 Å². The molecule has 1 aliphatic heterocycles. The van der Waals surface area contributed by atoms with Crippen LogP contribution in [0.15, 0.2) is 24.5 Å². The third-order valence-corrected chi connectivity index (χ3v) is 6.12. The van der Waals surface area contributed by atoms with E-state index in [2.05, 4.69) is 10.3 Å². The van der Waals surface area contributed by atoms with Gasteiger partial charge in [0.15, 0.2) is 0 Å². The highest BCUT2D eigenvalue weighted by molar-refractivity contribution is 5.94. The summed E-state index contributed by atoms with van der Waals surface area (Å²) in [5, 5.41) is 3.22. The molecule has 0 radical (unpaired) electrons. The van der Waals surface area contributed by atoms with Crippen LogP contribution in [-0.2, 0) is 4.79 Å². The molecular formula is C21H28N4O2. The van der Waals surface area contributed by atoms with Gasteiger partial charge in [-0.05, 0) is 51.2 Å². The highest BCUT2D eigenvalue weighted by Crippen LogP contribution is 2.31. The number of carbonyl (C=O) groups is 2. The van der Waals surface area contributed by atoms with Crippen molar-refractivity contribution in [1.82, 2.24) is 19.6 Å². The van der Waals surface area contributed by atoms with Gasteiger partial charge in [0.25, 0.3) is 5.91 Å². The van der Waals surface area contributed by atoms with Gasteiger partial charge in [-0.15, -0.1) is 0 Å². The fourth-order valence-corrected chi connectivity index (χ4v) is 4.45. The molecule has 1 N–H and O–H groups in total. The number of aromatic nitrogens is 2. The summed E-state index contributed by atoms with van der Waals surface area (Å²) in [6.07, 6.45) is 9.89. The van der Waals surface area contributed by atoms with Crippen LogP contribution in [0.2, 0.25) is 0 Å². The Hall–Kier alpha value is -2.37. The summed E-state index contributed by atoms with van der Waals surface area (Å²) in [6.45, 7) is 5.11. The molecule has 1 saturated heterocycles. The number of piperidine rings is 1. The van der Waals surface area contributed by atoms with E-state index in [1.807, 2.05) is 36.6 Å². The number of hydrogen-bond acceptors (Lipinski definition) is 3. The molecule has 2 aliphatic rings. The SMILES string of the molecule is Cc1cccn2cc(C(=O)N3CCC[C@](C)(C(=O)NC4CCCC4)C3)nc12. The number of hydrogen-bond donors (Lipinski definition) is 1. The lowest BCUT2D eigenvalue weighted by Gasteiger charge is -2.39. The summed E-state index contributed by atoms with van der Waals surface area (Å²) in [5.74, 6) is 0.00966. The molecule has 1 aliphatic carbocycles. The van der Waals surface area contributed by atoms with Crippen molar-refractivity contribution < 1.29 is 9.59 Å². The number of amides is 2. The molecule has 1 saturated carbocycles. The van der Waals surface area contributed by atoms with Gasteiger partial charge >= 0.3 is 0 Å². The maximum absolute atomic E-state index is 13.1. The Morgan fingerprint density at radius 3 is 2.78 bits per heavy atom. The topological polar surface area (TPSA) is 66.7 Å². The first kappa shape index (κ1) is 18.0. The molecule has 4 rings (SSSR count). The number of fused-ring (bicyclic) bond motifs is 1. The van der Waals surface area contributed by atoms with Gasteiger partial charge in [-0.2, -0.15) is 0 Å². The molecule has 2 aromatic heterocycles. The molecule has 2 fully saturated rings. The van der Waals surface area contributed by atoms with E-state index in [1.54, 1.807) is 11.1 Å². The molecule has 2 aromatic rings. The number of aryl methyl sites for hydroxylation is 1. The standard InChI is InChI=1S/C21H28N4O2/c1-15-7-5-11-24-13-17(23-18(15)24)19(26)25-12-6-10-21(2,14-25)20(27)22-16-8-3-4-9-16/h5,7,11,13,16H,3-4,6,8-10,12,14H2,1-2H3,(H,22,27)/t21-/m0/s1. The van der Waals surface area contributed by atoms with Crippen LogP contribution in [0, 0.1) is 12.3 Å². The first-order chi connectivity index (χ1) is 13.0. The Labute approximate surface area is 159 Å². The molecule has 2 amide bonds. The van der Waals surface area contributed by atoms with Crippen LogP contribution < -0.4 is 5.32 Å². The second kappa shape index (κ2) is 6.98. The number of imidazole rings is 1. The predicted octanol–water partition coefficient (Wildman–Crippen LogP) is 2.94. The molecule has 6 nitrogen and oxygen atoms in total. The number of nitrogens with one attached hydrogen (secondary N) is 1. The van der Waals surface area contributed by atoms with Crippen molar-refractivity contribution in [2.45, 2.75) is 58.4 Å². The summed E-state index contributed by atoms with van der Waals surface area (Å²) in [7, 11) is 0. The molecular weight excluding hydrogens is 340 g/mol. The van der Waals surface area contributed by atoms with Crippen molar-refractivity contribution >= 4 is 17.5 Å². The van der Waals surface area contributed by atoms with E-state index >= 15 is 0 Å². The summed E-state index contributed by atoms with van der Waals surface area (Å²) in [4.78, 5) is 32.3. The third kappa shape index (κ3) is 3.45. The first-order valence-corrected chi connectivity index (χ1v) is 10.0. The summed E-state index contributed by atoms with van der Waals surface area (Å²) >= 11 is 0. The Bertz CT molecular complexity index is 868. The zero-order valence-electron chi connectivity index (χ0n) is 16.2. The molecule has 0 unspecified atom stereocenters. The highest BCUT2D eigenvalue weighted by atomic mass is 16.2. The Balaban J connectivity index is 1.50. The summed E-state index contributed by atoms with van der Waals surface area (Å²) < 4.78 is 1.89. The number of likely N-dealkylation sites (tertiary alicyclic amines) is 1. The fourth-order valence-electron chi connectivity index (χ4n) is 4.45. The van der Waals surface area contributed by atoms with Crippen molar-refractivity contribution in [3.05, 3.63) is 35.8 Å². The lowest BCUT2D eigenvalue weighted by atomic mass is 9.80. The van der Waals surface area contributed by atoms with Crippen LogP contribution in [0.25, 0.3) is 5.65 Å². The van der Waals surface area contributed by atoms with Crippen molar-refractivity contribution in [3.63, 3.8) is 0 Å². The first-order valence-electron chi connectivity index (χ1n) is 10.0. The van der Waals surface area contributed by atoms with Gasteiger partial charge in [-0.3, -0.25) is 9.59 Å². The van der Waals surface area contributed by atoms with Crippen molar-refractivity contribution in [1.29, 1.82) is 0 Å². The van der Waals surface area contributed by atoms with Gasteiger partial charge in [0, 0.05) is 31.5 Å². The molecule has 0 aromatic carbocycles. The van der Waals surface area contributed by atoms with Gasteiger partial charge in [-0.1, -0.05) is 18.9 Å². The third-order valence-electron chi connectivity index (χ3n) is 6.12.